The average Bonchev–Trinajstić information content (AvgIpc) is 2.26. The summed E-state index contributed by atoms with van der Waals surface area (Å²) in [6.07, 6.45) is 3.32. The molecule has 2 heterocycles. The highest BCUT2D eigenvalue weighted by Gasteiger charge is 2.02. The maximum atomic E-state index is 11.1. The summed E-state index contributed by atoms with van der Waals surface area (Å²) in [6, 6.07) is 1.29. The molecule has 88 valence electrons. The number of nitrogens with one attached hydrogen (secondary N) is 1. The van der Waals surface area contributed by atoms with E-state index in [0.29, 0.717) is 12.4 Å². The van der Waals surface area contributed by atoms with Crippen LogP contribution in [-0.4, -0.2) is 19.5 Å². The highest BCUT2D eigenvalue weighted by atomic mass is 32.1. The third kappa shape index (κ3) is 2.56. The monoisotopic (exact) mass is 249 g/mol. The van der Waals surface area contributed by atoms with Crippen LogP contribution in [0.2, 0.25) is 0 Å². The summed E-state index contributed by atoms with van der Waals surface area (Å²) in [4.78, 5) is 22.0. The first-order valence-corrected chi connectivity index (χ1v) is 5.34. The van der Waals surface area contributed by atoms with Crippen molar-refractivity contribution in [1.29, 1.82) is 0 Å². The molecule has 0 saturated heterocycles. The molecule has 17 heavy (non-hydrogen) atoms. The van der Waals surface area contributed by atoms with Crippen LogP contribution in [0, 0.1) is 11.7 Å². The van der Waals surface area contributed by atoms with E-state index in [4.69, 9.17) is 18.0 Å². The fourth-order valence-corrected chi connectivity index (χ4v) is 1.64. The van der Waals surface area contributed by atoms with E-state index >= 15 is 0 Å². The fraction of sp³-hybridized carbons (Fsp3) is 0.200. The molecular weight excluding hydrogens is 238 g/mol. The van der Waals surface area contributed by atoms with E-state index in [1.165, 1.54) is 6.07 Å². The topological polar surface area (TPSA) is 89.6 Å². The van der Waals surface area contributed by atoms with Crippen molar-refractivity contribution in [2.75, 3.05) is 5.73 Å². The van der Waals surface area contributed by atoms with Gasteiger partial charge in [-0.05, 0) is 19.1 Å². The molecule has 0 saturated carbocycles. The second kappa shape index (κ2) is 4.46. The number of hydrogen-bond donors (Lipinski definition) is 2. The van der Waals surface area contributed by atoms with Crippen LogP contribution >= 0.6 is 12.2 Å². The number of nitrogens with zero attached hydrogens (tertiary/aromatic N) is 3. The van der Waals surface area contributed by atoms with E-state index in [1.807, 2.05) is 6.92 Å². The summed E-state index contributed by atoms with van der Waals surface area (Å²) >= 11 is 5.03. The molecule has 2 aromatic rings. The zero-order chi connectivity index (χ0) is 12.4. The van der Waals surface area contributed by atoms with Gasteiger partial charge in [-0.1, -0.05) is 0 Å². The molecular formula is C10H11N5OS. The minimum absolute atomic E-state index is 0.275. The molecule has 0 aromatic carbocycles. The predicted molar refractivity (Wildman–Crippen MR) is 66.2 cm³/mol. The van der Waals surface area contributed by atoms with Crippen molar-refractivity contribution in [1.82, 2.24) is 19.5 Å². The number of rotatable bonds is 2. The summed E-state index contributed by atoms with van der Waals surface area (Å²) in [6.45, 7) is 2.24. The molecule has 6 nitrogen and oxygen atoms in total. The lowest BCUT2D eigenvalue weighted by Crippen LogP contribution is -2.17. The Morgan fingerprint density at radius 1 is 1.47 bits per heavy atom. The van der Waals surface area contributed by atoms with E-state index in [2.05, 4.69) is 15.0 Å². The summed E-state index contributed by atoms with van der Waals surface area (Å²) < 4.78 is 1.87. The smallest absolute Gasteiger partial charge is 0.253 e. The third-order valence-electron chi connectivity index (χ3n) is 2.22. The second-order valence-corrected chi connectivity index (χ2v) is 3.99. The zero-order valence-electron chi connectivity index (χ0n) is 9.17. The summed E-state index contributed by atoms with van der Waals surface area (Å²) in [5.41, 5.74) is 6.99. The van der Waals surface area contributed by atoms with E-state index in [-0.39, 0.29) is 10.3 Å². The fourth-order valence-electron chi connectivity index (χ4n) is 1.36. The van der Waals surface area contributed by atoms with E-state index in [0.717, 1.165) is 11.4 Å². The zero-order valence-corrected chi connectivity index (χ0v) is 9.99. The van der Waals surface area contributed by atoms with E-state index < -0.39 is 0 Å². The lowest BCUT2D eigenvalue weighted by Gasteiger charge is -2.08. The molecule has 0 fully saturated rings. The van der Waals surface area contributed by atoms with Crippen LogP contribution in [0.1, 0.15) is 11.4 Å². The van der Waals surface area contributed by atoms with Gasteiger partial charge in [0, 0.05) is 12.3 Å². The van der Waals surface area contributed by atoms with Crippen LogP contribution in [0.5, 0.6) is 0 Å². The Morgan fingerprint density at radius 2 is 2.24 bits per heavy atom. The molecule has 0 atom stereocenters. The summed E-state index contributed by atoms with van der Waals surface area (Å²) in [5.74, 6) is 0.307. The van der Waals surface area contributed by atoms with Gasteiger partial charge in [0.25, 0.3) is 5.56 Å². The Balaban J connectivity index is 2.40. The Hall–Kier alpha value is -2.02. The number of aromatic nitrogens is 4. The van der Waals surface area contributed by atoms with Crippen molar-refractivity contribution in [2.24, 2.45) is 0 Å². The molecule has 0 aliphatic carbocycles. The number of nitrogens with two attached hydrogens (primary N) is 1. The van der Waals surface area contributed by atoms with Gasteiger partial charge in [-0.25, -0.2) is 0 Å². The van der Waals surface area contributed by atoms with Gasteiger partial charge >= 0.3 is 0 Å². The molecule has 2 rings (SSSR count). The number of hydrogen-bond acceptors (Lipinski definition) is 5. The van der Waals surface area contributed by atoms with Crippen molar-refractivity contribution < 1.29 is 0 Å². The van der Waals surface area contributed by atoms with Crippen LogP contribution in [0.15, 0.2) is 23.3 Å². The Kier molecular flexibility index (Phi) is 3.01. The maximum Gasteiger partial charge on any atom is 0.253 e. The van der Waals surface area contributed by atoms with Crippen molar-refractivity contribution >= 4 is 18.0 Å². The minimum atomic E-state index is -0.307. The van der Waals surface area contributed by atoms with Crippen molar-refractivity contribution in [3.05, 3.63) is 45.0 Å². The first-order chi connectivity index (χ1) is 8.06. The van der Waals surface area contributed by atoms with E-state index in [1.54, 1.807) is 17.0 Å². The molecule has 0 spiro atoms. The molecule has 3 N–H and O–H groups in total. The first kappa shape index (κ1) is 11.5. The van der Waals surface area contributed by atoms with Gasteiger partial charge in [-0.3, -0.25) is 24.3 Å². The lowest BCUT2D eigenvalue weighted by molar-refractivity contribution is 0.733. The van der Waals surface area contributed by atoms with Crippen molar-refractivity contribution in [3.63, 3.8) is 0 Å². The highest BCUT2D eigenvalue weighted by Crippen LogP contribution is 2.04. The average molecular weight is 249 g/mol. The number of nitrogen functional groups attached to an aromatic ring is 1. The van der Waals surface area contributed by atoms with Crippen molar-refractivity contribution in [3.8, 4) is 0 Å². The van der Waals surface area contributed by atoms with Crippen LogP contribution in [0.4, 0.5) is 5.82 Å². The number of H-pyrrole nitrogens is 1. The van der Waals surface area contributed by atoms with Crippen molar-refractivity contribution in [2.45, 2.75) is 13.5 Å². The Bertz CT molecular complexity index is 643. The number of anilines is 1. The molecule has 7 heteroatoms. The molecule has 0 amide bonds. The van der Waals surface area contributed by atoms with Gasteiger partial charge in [0.2, 0.25) is 0 Å². The highest BCUT2D eigenvalue weighted by molar-refractivity contribution is 7.71. The third-order valence-corrected chi connectivity index (χ3v) is 2.54. The molecule has 0 radical (unpaired) electrons. The van der Waals surface area contributed by atoms with Crippen LogP contribution in [0.25, 0.3) is 0 Å². The normalized spacial score (nSPS) is 10.4. The molecule has 0 unspecified atom stereocenters. The quantitative estimate of drug-likeness (QED) is 0.762. The van der Waals surface area contributed by atoms with Gasteiger partial charge in [0.05, 0.1) is 24.1 Å². The van der Waals surface area contributed by atoms with Crippen LogP contribution in [0.3, 0.4) is 0 Å². The van der Waals surface area contributed by atoms with Gasteiger partial charge < -0.3 is 5.73 Å². The van der Waals surface area contributed by atoms with Gasteiger partial charge in [0.1, 0.15) is 5.82 Å². The second-order valence-electron chi connectivity index (χ2n) is 3.60. The van der Waals surface area contributed by atoms with Crippen LogP contribution in [-0.2, 0) is 6.54 Å². The number of aryl methyl sites for hydroxylation is 1. The van der Waals surface area contributed by atoms with Gasteiger partial charge in [0.15, 0.2) is 4.77 Å². The minimum Gasteiger partial charge on any atom is -0.385 e. The first-order valence-electron chi connectivity index (χ1n) is 4.93. The Labute approximate surface area is 102 Å². The molecule has 0 aliphatic heterocycles. The molecule has 0 aliphatic rings. The summed E-state index contributed by atoms with van der Waals surface area (Å²) in [7, 11) is 0. The maximum absolute atomic E-state index is 11.1. The molecule has 0 bridgehead atoms. The summed E-state index contributed by atoms with van der Waals surface area (Å²) in [5, 5.41) is 0. The standard InChI is InChI=1S/C10H11N5OS/c1-6-3-13-7(4-12-6)5-15-8(11)2-9(16)14-10(15)17/h2-4H,5,11H2,1H3,(H,14,16,17). The van der Waals surface area contributed by atoms with Gasteiger partial charge in [-0.2, -0.15) is 0 Å². The predicted octanol–water partition coefficient (Wildman–Crippen LogP) is 0.635. The lowest BCUT2D eigenvalue weighted by atomic mass is 10.4. The van der Waals surface area contributed by atoms with Crippen LogP contribution < -0.4 is 11.3 Å². The SMILES string of the molecule is Cc1cnc(Cn2c(N)cc(=O)[nH]c2=S)cn1. The number of aromatic amines is 1. The largest absolute Gasteiger partial charge is 0.385 e. The Morgan fingerprint density at radius 3 is 2.82 bits per heavy atom. The van der Waals surface area contributed by atoms with E-state index in [9.17, 15) is 4.79 Å². The van der Waals surface area contributed by atoms with Gasteiger partial charge in [-0.15, -0.1) is 0 Å². The molecule has 2 aromatic heterocycles.